The quantitative estimate of drug-likeness (QED) is 0.728. The minimum atomic E-state index is -1.06. The summed E-state index contributed by atoms with van der Waals surface area (Å²) in [4.78, 5) is 42.2. The molecule has 2 aliphatic heterocycles. The van der Waals surface area contributed by atoms with Crippen LogP contribution in [0.25, 0.3) is 0 Å². The van der Waals surface area contributed by atoms with Gasteiger partial charge in [-0.15, -0.1) is 0 Å². The number of amides is 2. The van der Waals surface area contributed by atoms with Crippen LogP contribution in [0.5, 0.6) is 5.75 Å². The smallest absolute Gasteiger partial charge is 0.269 e. The second-order valence-corrected chi connectivity index (χ2v) is 9.39. The number of aromatic nitrogens is 2. The molecule has 9 nitrogen and oxygen atoms in total. The standard InChI is InChI=1S/C25H31N5O4/c1-16-14-18(21(31)26-4)28-22(27-16)24(2)10-12-30(13-11-24)23(32)25(3)15-19(29-34-25)17-8-6-7-9-20(17)33-5/h6-9,14H,10-13,15H2,1-5H3,(H,26,31). The van der Waals surface area contributed by atoms with Gasteiger partial charge >= 0.3 is 0 Å². The summed E-state index contributed by atoms with van der Waals surface area (Å²) in [6.07, 6.45) is 1.74. The summed E-state index contributed by atoms with van der Waals surface area (Å²) in [6, 6.07) is 9.26. The van der Waals surface area contributed by atoms with Crippen LogP contribution in [0, 0.1) is 6.92 Å². The number of hydrogen-bond donors (Lipinski definition) is 1. The lowest BCUT2D eigenvalue weighted by Crippen LogP contribution is -2.52. The molecule has 0 aliphatic carbocycles. The molecule has 4 rings (SSSR count). The monoisotopic (exact) mass is 465 g/mol. The number of nitrogens with zero attached hydrogens (tertiary/aromatic N) is 4. The van der Waals surface area contributed by atoms with Crippen LogP contribution >= 0.6 is 0 Å². The summed E-state index contributed by atoms with van der Waals surface area (Å²) < 4.78 is 5.44. The zero-order chi connectivity index (χ0) is 24.5. The van der Waals surface area contributed by atoms with Crippen LogP contribution in [0.1, 0.15) is 60.7 Å². The van der Waals surface area contributed by atoms with Crippen molar-refractivity contribution in [2.24, 2.45) is 5.16 Å². The molecule has 34 heavy (non-hydrogen) atoms. The number of piperidine rings is 1. The predicted molar refractivity (Wildman–Crippen MR) is 127 cm³/mol. The Morgan fingerprint density at radius 1 is 1.15 bits per heavy atom. The molecule has 1 saturated heterocycles. The van der Waals surface area contributed by atoms with Crippen molar-refractivity contribution in [2.45, 2.75) is 51.0 Å². The van der Waals surface area contributed by atoms with E-state index in [4.69, 9.17) is 9.57 Å². The van der Waals surface area contributed by atoms with Gasteiger partial charge in [-0.25, -0.2) is 9.97 Å². The fourth-order valence-electron chi connectivity index (χ4n) is 4.53. The van der Waals surface area contributed by atoms with E-state index in [0.29, 0.717) is 55.3 Å². The largest absolute Gasteiger partial charge is 0.496 e. The Hall–Kier alpha value is -3.49. The van der Waals surface area contributed by atoms with Crippen molar-refractivity contribution in [3.8, 4) is 5.75 Å². The number of ether oxygens (including phenoxy) is 1. The van der Waals surface area contributed by atoms with Gasteiger partial charge in [0, 0.05) is 43.2 Å². The van der Waals surface area contributed by atoms with Gasteiger partial charge in [-0.2, -0.15) is 0 Å². The highest BCUT2D eigenvalue weighted by atomic mass is 16.7. The summed E-state index contributed by atoms with van der Waals surface area (Å²) in [5.41, 5.74) is 1.24. The second-order valence-electron chi connectivity index (χ2n) is 9.39. The normalized spacial score (nSPS) is 21.4. The highest BCUT2D eigenvalue weighted by molar-refractivity contribution is 6.07. The highest BCUT2D eigenvalue weighted by Gasteiger charge is 2.47. The van der Waals surface area contributed by atoms with E-state index in [1.54, 1.807) is 27.1 Å². The van der Waals surface area contributed by atoms with Crippen LogP contribution in [0.2, 0.25) is 0 Å². The SMILES string of the molecule is CNC(=O)c1cc(C)nc(C2(C)CCN(C(=O)C3(C)CC(c4ccccc4OC)=NO3)CC2)n1. The lowest BCUT2D eigenvalue weighted by atomic mass is 9.79. The van der Waals surface area contributed by atoms with Gasteiger partial charge in [-0.1, -0.05) is 24.2 Å². The Kier molecular flexibility index (Phi) is 6.29. The Balaban J connectivity index is 1.45. The molecular formula is C25H31N5O4. The summed E-state index contributed by atoms with van der Waals surface area (Å²) in [5.74, 6) is 1.02. The lowest BCUT2D eigenvalue weighted by molar-refractivity contribution is -0.154. The van der Waals surface area contributed by atoms with Crippen molar-refractivity contribution in [2.75, 3.05) is 27.2 Å². The van der Waals surface area contributed by atoms with Crippen LogP contribution in [0.4, 0.5) is 0 Å². The Morgan fingerprint density at radius 3 is 2.53 bits per heavy atom. The number of likely N-dealkylation sites (tertiary alicyclic amines) is 1. The number of para-hydroxylation sites is 1. The minimum Gasteiger partial charge on any atom is -0.496 e. The van der Waals surface area contributed by atoms with E-state index in [9.17, 15) is 9.59 Å². The number of benzene rings is 1. The number of carbonyl (C=O) groups excluding carboxylic acids is 2. The van der Waals surface area contributed by atoms with Crippen molar-refractivity contribution < 1.29 is 19.2 Å². The molecule has 1 aromatic carbocycles. The van der Waals surface area contributed by atoms with Gasteiger partial charge in [-0.3, -0.25) is 9.59 Å². The maximum atomic E-state index is 13.4. The van der Waals surface area contributed by atoms with Crippen molar-refractivity contribution in [1.82, 2.24) is 20.2 Å². The molecule has 0 saturated carbocycles. The van der Waals surface area contributed by atoms with E-state index in [-0.39, 0.29) is 17.2 Å². The van der Waals surface area contributed by atoms with Crippen molar-refractivity contribution in [3.63, 3.8) is 0 Å². The number of rotatable bonds is 5. The second kappa shape index (κ2) is 9.04. The summed E-state index contributed by atoms with van der Waals surface area (Å²) >= 11 is 0. The average molecular weight is 466 g/mol. The highest BCUT2D eigenvalue weighted by Crippen LogP contribution is 2.36. The maximum Gasteiger partial charge on any atom is 0.269 e. The van der Waals surface area contributed by atoms with Crippen molar-refractivity contribution in [3.05, 3.63) is 53.1 Å². The molecule has 2 aromatic rings. The average Bonchev–Trinajstić information content (AvgIpc) is 3.26. The first-order chi connectivity index (χ1) is 16.2. The first-order valence-electron chi connectivity index (χ1n) is 11.5. The van der Waals surface area contributed by atoms with E-state index in [0.717, 1.165) is 11.3 Å². The first kappa shape index (κ1) is 23.7. The van der Waals surface area contributed by atoms with Gasteiger partial charge in [-0.05, 0) is 44.9 Å². The number of carbonyl (C=O) groups is 2. The number of methoxy groups -OCH3 is 1. The molecule has 1 atom stereocenters. The van der Waals surface area contributed by atoms with E-state index in [2.05, 4.69) is 27.4 Å². The van der Waals surface area contributed by atoms with Crippen molar-refractivity contribution in [1.29, 1.82) is 0 Å². The molecule has 1 fully saturated rings. The van der Waals surface area contributed by atoms with E-state index >= 15 is 0 Å². The summed E-state index contributed by atoms with van der Waals surface area (Å²) in [5, 5.41) is 6.85. The van der Waals surface area contributed by atoms with Gasteiger partial charge in [0.25, 0.3) is 11.8 Å². The molecule has 0 spiro atoms. The van der Waals surface area contributed by atoms with Crippen LogP contribution in [-0.2, 0) is 15.0 Å². The molecule has 9 heteroatoms. The molecule has 1 aromatic heterocycles. The number of nitrogens with one attached hydrogen (secondary N) is 1. The molecular weight excluding hydrogens is 434 g/mol. The fraction of sp³-hybridized carbons (Fsp3) is 0.480. The molecule has 0 bridgehead atoms. The topological polar surface area (TPSA) is 106 Å². The van der Waals surface area contributed by atoms with Crippen LogP contribution in [-0.4, -0.2) is 65.2 Å². The molecule has 2 amide bonds. The number of hydrogen-bond acceptors (Lipinski definition) is 7. The van der Waals surface area contributed by atoms with Crippen LogP contribution in [0.15, 0.2) is 35.5 Å². The Labute approximate surface area is 199 Å². The summed E-state index contributed by atoms with van der Waals surface area (Å²) in [7, 11) is 3.19. The molecule has 0 radical (unpaired) electrons. The van der Waals surface area contributed by atoms with E-state index < -0.39 is 5.60 Å². The third-order valence-corrected chi connectivity index (χ3v) is 6.74. The number of aryl methyl sites for hydroxylation is 1. The predicted octanol–water partition coefficient (Wildman–Crippen LogP) is 2.62. The molecule has 3 heterocycles. The lowest BCUT2D eigenvalue weighted by Gasteiger charge is -2.40. The molecule has 1 unspecified atom stereocenters. The van der Waals surface area contributed by atoms with E-state index in [1.807, 2.05) is 36.1 Å². The van der Waals surface area contributed by atoms with Crippen LogP contribution in [0.3, 0.4) is 0 Å². The third-order valence-electron chi connectivity index (χ3n) is 6.74. The third kappa shape index (κ3) is 4.34. The van der Waals surface area contributed by atoms with Crippen molar-refractivity contribution >= 4 is 17.5 Å². The Bertz CT molecular complexity index is 1140. The van der Waals surface area contributed by atoms with Gasteiger partial charge in [0.1, 0.15) is 17.3 Å². The molecule has 1 N–H and O–H groups in total. The fourth-order valence-corrected chi connectivity index (χ4v) is 4.53. The number of oxime groups is 1. The molecule has 180 valence electrons. The zero-order valence-corrected chi connectivity index (χ0v) is 20.3. The first-order valence-corrected chi connectivity index (χ1v) is 11.5. The minimum absolute atomic E-state index is 0.0839. The maximum absolute atomic E-state index is 13.4. The van der Waals surface area contributed by atoms with Gasteiger partial charge in [0.15, 0.2) is 0 Å². The summed E-state index contributed by atoms with van der Waals surface area (Å²) in [6.45, 7) is 6.83. The molecule has 2 aliphatic rings. The Morgan fingerprint density at radius 2 is 1.85 bits per heavy atom. The van der Waals surface area contributed by atoms with Gasteiger partial charge < -0.3 is 19.8 Å². The zero-order valence-electron chi connectivity index (χ0n) is 20.3. The van der Waals surface area contributed by atoms with Gasteiger partial charge in [0.05, 0.1) is 12.8 Å². The van der Waals surface area contributed by atoms with Gasteiger partial charge in [0.2, 0.25) is 5.60 Å². The van der Waals surface area contributed by atoms with Crippen LogP contribution < -0.4 is 10.1 Å². The van der Waals surface area contributed by atoms with E-state index in [1.165, 1.54) is 0 Å².